The molecular formula is C22H28N6O3S. The van der Waals surface area contributed by atoms with Crippen LogP contribution >= 0.6 is 0 Å². The van der Waals surface area contributed by atoms with Crippen molar-refractivity contribution in [2.24, 2.45) is 0 Å². The fourth-order valence-corrected chi connectivity index (χ4v) is 5.01. The minimum absolute atomic E-state index is 0. The van der Waals surface area contributed by atoms with E-state index in [9.17, 15) is 13.2 Å². The number of amides is 1. The summed E-state index contributed by atoms with van der Waals surface area (Å²) >= 11 is 0. The number of pyridine rings is 1. The Kier molecular flexibility index (Phi) is 6.42. The van der Waals surface area contributed by atoms with Crippen LogP contribution in [-0.4, -0.2) is 59.8 Å². The first-order valence-electron chi connectivity index (χ1n) is 10.2. The number of carbonyl (C=O) groups excluding carboxylic acids is 1. The lowest BCUT2D eigenvalue weighted by atomic mass is 10.2. The van der Waals surface area contributed by atoms with Crippen LogP contribution in [0.3, 0.4) is 0 Å². The van der Waals surface area contributed by atoms with Crippen LogP contribution in [0, 0.1) is 6.92 Å². The third kappa shape index (κ3) is 5.09. The summed E-state index contributed by atoms with van der Waals surface area (Å²) in [6.45, 7) is 3.35. The van der Waals surface area contributed by atoms with E-state index < -0.39 is 10.0 Å². The number of rotatable bonds is 6. The van der Waals surface area contributed by atoms with Gasteiger partial charge in [-0.05, 0) is 24.6 Å². The highest BCUT2D eigenvalue weighted by molar-refractivity contribution is 7.88. The third-order valence-corrected chi connectivity index (χ3v) is 7.06. The summed E-state index contributed by atoms with van der Waals surface area (Å²) in [5, 5.41) is 2.72. The summed E-state index contributed by atoms with van der Waals surface area (Å²) in [6, 6.07) is 14.4. The zero-order valence-electron chi connectivity index (χ0n) is 17.7. The van der Waals surface area contributed by atoms with Gasteiger partial charge in [0.05, 0.1) is 17.6 Å². The summed E-state index contributed by atoms with van der Waals surface area (Å²) in [6.07, 6.45) is 3.21. The molecule has 1 aliphatic rings. The van der Waals surface area contributed by atoms with Gasteiger partial charge in [-0.25, -0.2) is 18.4 Å². The summed E-state index contributed by atoms with van der Waals surface area (Å²) in [5.74, 6) is 0.568. The smallest absolute Gasteiger partial charge is 0.277 e. The van der Waals surface area contributed by atoms with Crippen molar-refractivity contribution in [3.05, 3.63) is 77.9 Å². The SMILES string of the molecule is Cc1ncc(N2CCN(S(=O)(=O)Cc3ccccc3)CC2)nc1C(=O)Nc1ccccn1.[HH].[HH]. The second-order valence-electron chi connectivity index (χ2n) is 7.46. The first-order chi connectivity index (χ1) is 15.4. The molecule has 0 unspecified atom stereocenters. The summed E-state index contributed by atoms with van der Waals surface area (Å²) in [4.78, 5) is 27.5. The molecule has 0 atom stereocenters. The van der Waals surface area contributed by atoms with Crippen LogP contribution in [-0.2, 0) is 15.8 Å². The van der Waals surface area contributed by atoms with Crippen LogP contribution in [0.15, 0.2) is 60.9 Å². The maximum atomic E-state index is 12.8. The lowest BCUT2D eigenvalue weighted by Gasteiger charge is -2.34. The number of aryl methyl sites for hydroxylation is 1. The molecule has 1 fully saturated rings. The fraction of sp³-hybridized carbons (Fsp3) is 0.273. The highest BCUT2D eigenvalue weighted by Crippen LogP contribution is 2.19. The Morgan fingerprint density at radius 3 is 2.44 bits per heavy atom. The number of sulfonamides is 1. The van der Waals surface area contributed by atoms with E-state index in [1.165, 1.54) is 4.31 Å². The largest absolute Gasteiger partial charge is 0.353 e. The Bertz CT molecular complexity index is 1190. The van der Waals surface area contributed by atoms with Gasteiger partial charge in [0.2, 0.25) is 10.0 Å². The van der Waals surface area contributed by atoms with Gasteiger partial charge in [-0.2, -0.15) is 4.31 Å². The first-order valence-corrected chi connectivity index (χ1v) is 11.9. The van der Waals surface area contributed by atoms with Gasteiger partial charge in [0, 0.05) is 35.2 Å². The van der Waals surface area contributed by atoms with E-state index in [0.717, 1.165) is 5.56 Å². The lowest BCUT2D eigenvalue weighted by Crippen LogP contribution is -2.49. The molecule has 1 aliphatic heterocycles. The molecular weight excluding hydrogens is 428 g/mol. The molecule has 0 radical (unpaired) electrons. The maximum absolute atomic E-state index is 12.8. The van der Waals surface area contributed by atoms with Crippen molar-refractivity contribution in [2.75, 3.05) is 36.4 Å². The van der Waals surface area contributed by atoms with Gasteiger partial charge in [0.1, 0.15) is 11.6 Å². The minimum Gasteiger partial charge on any atom is -0.353 e. The predicted octanol–water partition coefficient (Wildman–Crippen LogP) is 2.58. The zero-order valence-corrected chi connectivity index (χ0v) is 18.5. The molecule has 0 saturated carbocycles. The van der Waals surface area contributed by atoms with Crippen molar-refractivity contribution >= 4 is 27.6 Å². The topological polar surface area (TPSA) is 108 Å². The monoisotopic (exact) mass is 456 g/mol. The van der Waals surface area contributed by atoms with Gasteiger partial charge in [-0.1, -0.05) is 36.4 Å². The van der Waals surface area contributed by atoms with Gasteiger partial charge < -0.3 is 10.2 Å². The second kappa shape index (κ2) is 9.41. The van der Waals surface area contributed by atoms with Crippen LogP contribution in [0.25, 0.3) is 0 Å². The molecule has 1 saturated heterocycles. The van der Waals surface area contributed by atoms with E-state index in [4.69, 9.17) is 0 Å². The van der Waals surface area contributed by atoms with Gasteiger partial charge in [-0.3, -0.25) is 9.78 Å². The molecule has 3 aromatic rings. The van der Waals surface area contributed by atoms with Gasteiger partial charge in [0.25, 0.3) is 5.91 Å². The van der Waals surface area contributed by atoms with Crippen molar-refractivity contribution in [2.45, 2.75) is 12.7 Å². The Balaban J connectivity index is 0.00000204. The number of hydrogen-bond donors (Lipinski definition) is 1. The molecule has 170 valence electrons. The number of piperazine rings is 1. The number of benzene rings is 1. The average molecular weight is 457 g/mol. The van der Waals surface area contributed by atoms with Crippen molar-refractivity contribution in [1.29, 1.82) is 0 Å². The van der Waals surface area contributed by atoms with E-state index in [-0.39, 0.29) is 20.2 Å². The van der Waals surface area contributed by atoms with Gasteiger partial charge in [0.15, 0.2) is 5.69 Å². The summed E-state index contributed by atoms with van der Waals surface area (Å²) in [5.41, 5.74) is 1.49. The van der Waals surface area contributed by atoms with E-state index in [0.29, 0.717) is 43.5 Å². The number of carbonyl (C=O) groups is 1. The molecule has 1 N–H and O–H groups in total. The Morgan fingerprint density at radius 2 is 1.75 bits per heavy atom. The number of nitrogens with zero attached hydrogens (tertiary/aromatic N) is 5. The molecule has 1 aromatic carbocycles. The molecule has 3 heterocycles. The van der Waals surface area contributed by atoms with Gasteiger partial charge >= 0.3 is 0 Å². The number of aromatic nitrogens is 3. The van der Waals surface area contributed by atoms with Crippen LogP contribution < -0.4 is 10.2 Å². The lowest BCUT2D eigenvalue weighted by molar-refractivity contribution is 0.102. The van der Waals surface area contributed by atoms with E-state index in [2.05, 4.69) is 20.3 Å². The molecule has 2 aromatic heterocycles. The molecule has 1 amide bonds. The van der Waals surface area contributed by atoms with E-state index >= 15 is 0 Å². The molecule has 0 aliphatic carbocycles. The number of anilines is 2. The fourth-order valence-electron chi connectivity index (χ4n) is 3.49. The van der Waals surface area contributed by atoms with Crippen LogP contribution in [0.4, 0.5) is 11.6 Å². The first kappa shape index (κ1) is 21.8. The minimum atomic E-state index is -3.41. The Labute approximate surface area is 190 Å². The van der Waals surface area contributed by atoms with Crippen molar-refractivity contribution in [3.8, 4) is 0 Å². The van der Waals surface area contributed by atoms with Crippen molar-refractivity contribution < 1.29 is 16.1 Å². The van der Waals surface area contributed by atoms with Crippen molar-refractivity contribution in [3.63, 3.8) is 0 Å². The van der Waals surface area contributed by atoms with Crippen LogP contribution in [0.5, 0.6) is 0 Å². The molecule has 0 spiro atoms. The number of hydrogen-bond acceptors (Lipinski definition) is 7. The Morgan fingerprint density at radius 1 is 1.03 bits per heavy atom. The molecule has 32 heavy (non-hydrogen) atoms. The molecule has 0 bridgehead atoms. The maximum Gasteiger partial charge on any atom is 0.277 e. The zero-order chi connectivity index (χ0) is 22.6. The van der Waals surface area contributed by atoms with Crippen LogP contribution in [0.2, 0.25) is 0 Å². The number of nitrogens with one attached hydrogen (secondary N) is 1. The van der Waals surface area contributed by atoms with Crippen LogP contribution in [0.1, 0.15) is 24.6 Å². The normalized spacial score (nSPS) is 14.8. The quantitative estimate of drug-likeness (QED) is 0.607. The van der Waals surface area contributed by atoms with E-state index in [1.807, 2.05) is 35.2 Å². The summed E-state index contributed by atoms with van der Waals surface area (Å²) < 4.78 is 27.1. The molecule has 4 rings (SSSR count). The highest BCUT2D eigenvalue weighted by Gasteiger charge is 2.28. The van der Waals surface area contributed by atoms with Crippen molar-refractivity contribution in [1.82, 2.24) is 19.3 Å². The molecule has 10 heteroatoms. The highest BCUT2D eigenvalue weighted by atomic mass is 32.2. The average Bonchev–Trinajstić information content (AvgIpc) is 2.80. The standard InChI is InChI=1S/C22H24N6O3S.2H2/c1-17-21(22(29)25-19-9-5-6-10-23-19)26-20(15-24-17)27-11-13-28(14-12-27)32(30,31)16-18-7-3-2-4-8-18;;/h2-10,15H,11-14,16H2,1H3,(H,23,25,29);2*1H. The third-order valence-electron chi connectivity index (χ3n) is 5.21. The molecule has 9 nitrogen and oxygen atoms in total. The van der Waals surface area contributed by atoms with Gasteiger partial charge in [-0.15, -0.1) is 0 Å². The second-order valence-corrected chi connectivity index (χ2v) is 9.43. The van der Waals surface area contributed by atoms with E-state index in [1.54, 1.807) is 37.5 Å². The predicted molar refractivity (Wildman–Crippen MR) is 126 cm³/mol. The summed E-state index contributed by atoms with van der Waals surface area (Å²) in [7, 11) is -3.41. The Hall–Kier alpha value is -3.37.